The maximum atomic E-state index is 12.0. The van der Waals surface area contributed by atoms with Crippen molar-refractivity contribution in [2.75, 3.05) is 35.4 Å². The number of carbonyl (C=O) groups excluding carboxylic acids is 2. The van der Waals surface area contributed by atoms with Gasteiger partial charge in [-0.3, -0.25) is 0 Å². The Hall–Kier alpha value is -5.62. The van der Waals surface area contributed by atoms with Crippen LogP contribution >= 0.6 is 0 Å². The number of aliphatic hydroxyl groups excluding tert-OH is 1. The third kappa shape index (κ3) is 9.05. The van der Waals surface area contributed by atoms with E-state index in [2.05, 4.69) is 68.5 Å². The summed E-state index contributed by atoms with van der Waals surface area (Å²) in [7, 11) is -6.55. The van der Waals surface area contributed by atoms with Crippen molar-refractivity contribution in [2.24, 2.45) is 11.8 Å². The van der Waals surface area contributed by atoms with Gasteiger partial charge in [0.15, 0.2) is 19.7 Å². The maximum absolute atomic E-state index is 12.0. The topological polar surface area (TPSA) is 216 Å². The van der Waals surface area contributed by atoms with Gasteiger partial charge in [-0.15, -0.1) is 0 Å². The van der Waals surface area contributed by atoms with E-state index >= 15 is 0 Å². The summed E-state index contributed by atoms with van der Waals surface area (Å²) in [6.07, 6.45) is 7.21. The number of aryl methyl sites for hydroxylation is 3. The number of aliphatic hydroxyl groups is 1. The van der Waals surface area contributed by atoms with Crippen LogP contribution in [-0.4, -0.2) is 92.7 Å². The van der Waals surface area contributed by atoms with Gasteiger partial charge >= 0.3 is 6.15 Å². The second-order valence-electron chi connectivity index (χ2n) is 16.0. The van der Waals surface area contributed by atoms with E-state index in [0.29, 0.717) is 40.9 Å². The molecule has 6 heterocycles. The number of sulfone groups is 2. The molecule has 1 N–H and O–H groups in total. The number of hydrogen-bond acceptors (Lipinski definition) is 15. The van der Waals surface area contributed by atoms with E-state index in [1.165, 1.54) is 12.5 Å². The third-order valence-corrected chi connectivity index (χ3v) is 13.4. The molecule has 19 heteroatoms. The molecule has 17 nitrogen and oxygen atoms in total. The molecule has 0 aliphatic carbocycles. The lowest BCUT2D eigenvalue weighted by Gasteiger charge is -2.38. The minimum Gasteiger partial charge on any atom is -0.392 e. The molecule has 2 aromatic carbocycles. The third-order valence-electron chi connectivity index (χ3n) is 11.1. The van der Waals surface area contributed by atoms with Gasteiger partial charge in [0, 0.05) is 68.0 Å². The molecule has 4 aromatic heterocycles. The summed E-state index contributed by atoms with van der Waals surface area (Å²) < 4.78 is 52.3. The van der Waals surface area contributed by atoms with Gasteiger partial charge in [-0.05, 0) is 74.1 Å². The van der Waals surface area contributed by atoms with E-state index < -0.39 is 19.7 Å². The zero-order valence-electron chi connectivity index (χ0n) is 35.9. The normalized spacial score (nSPS) is 16.5. The molecule has 8 rings (SSSR count). The van der Waals surface area contributed by atoms with Crippen LogP contribution in [0.3, 0.4) is 0 Å². The lowest BCUT2D eigenvalue weighted by Crippen LogP contribution is -2.42. The first kappa shape index (κ1) is 44.9. The van der Waals surface area contributed by atoms with Crippen molar-refractivity contribution in [3.63, 3.8) is 0 Å². The number of fused-ring (bicyclic) bond motifs is 6. The van der Waals surface area contributed by atoms with Gasteiger partial charge in [-0.25, -0.2) is 46.7 Å². The number of aromatic nitrogens is 8. The maximum Gasteiger partial charge on any atom is 0.373 e. The first-order valence-electron chi connectivity index (χ1n) is 20.0. The molecule has 2 aliphatic rings. The van der Waals surface area contributed by atoms with Crippen molar-refractivity contribution in [1.29, 1.82) is 0 Å². The van der Waals surface area contributed by atoms with Crippen LogP contribution in [0, 0.1) is 25.7 Å². The average Bonchev–Trinajstić information content (AvgIpc) is 3.77. The molecule has 2 atom stereocenters. The fourth-order valence-electron chi connectivity index (χ4n) is 8.10. The van der Waals surface area contributed by atoms with Crippen LogP contribution in [0.5, 0.6) is 0 Å². The number of rotatable bonds is 8. The summed E-state index contributed by atoms with van der Waals surface area (Å²) in [6.45, 7) is 17.3. The number of anilines is 2. The van der Waals surface area contributed by atoms with E-state index in [4.69, 9.17) is 24.5 Å². The summed E-state index contributed by atoms with van der Waals surface area (Å²) in [5.41, 5.74) is 6.95. The predicted octanol–water partition coefficient (Wildman–Crippen LogP) is 4.98. The molecule has 0 saturated carbocycles. The van der Waals surface area contributed by atoms with Crippen LogP contribution in [0.2, 0.25) is 0 Å². The quantitative estimate of drug-likeness (QED) is 0.213. The van der Waals surface area contributed by atoms with E-state index in [-0.39, 0.29) is 36.7 Å². The summed E-state index contributed by atoms with van der Waals surface area (Å²) in [6, 6.07) is 10.2. The Kier molecular flexibility index (Phi) is 13.1. The fourth-order valence-corrected chi connectivity index (χ4v) is 9.38. The van der Waals surface area contributed by atoms with Gasteiger partial charge in [0.05, 0.1) is 50.5 Å². The Balaban J connectivity index is 0.000000192. The van der Waals surface area contributed by atoms with Crippen LogP contribution in [0.25, 0.3) is 22.1 Å². The van der Waals surface area contributed by atoms with Gasteiger partial charge in [0.1, 0.15) is 11.6 Å². The average molecular weight is 873 g/mol. The first-order chi connectivity index (χ1) is 28.8. The lowest BCUT2D eigenvalue weighted by molar-refractivity contribution is -0.191. The Morgan fingerprint density at radius 1 is 0.672 bits per heavy atom. The number of benzene rings is 2. The number of nitrogens with zero attached hydrogens (tertiary/aromatic N) is 10. The van der Waals surface area contributed by atoms with Crippen molar-refractivity contribution in [1.82, 2.24) is 39.0 Å². The second-order valence-corrected chi connectivity index (χ2v) is 20.0. The molecule has 0 fully saturated rings. The van der Waals surface area contributed by atoms with E-state index in [1.54, 1.807) is 42.6 Å². The highest BCUT2D eigenvalue weighted by molar-refractivity contribution is 7.91. The molecule has 0 radical (unpaired) electrons. The molecule has 61 heavy (non-hydrogen) atoms. The van der Waals surface area contributed by atoms with Crippen LogP contribution in [-0.2, 0) is 55.4 Å². The highest BCUT2D eigenvalue weighted by atomic mass is 32.2. The van der Waals surface area contributed by atoms with Gasteiger partial charge in [-0.1, -0.05) is 34.6 Å². The largest absolute Gasteiger partial charge is 0.392 e. The van der Waals surface area contributed by atoms with Gasteiger partial charge in [0.25, 0.3) is 0 Å². The summed E-state index contributed by atoms with van der Waals surface area (Å²) in [5.74, 6) is 3.70. The molecule has 324 valence electrons. The second kappa shape index (κ2) is 17.8. The van der Waals surface area contributed by atoms with Crippen molar-refractivity contribution < 1.29 is 31.5 Å². The zero-order valence-corrected chi connectivity index (χ0v) is 37.5. The Morgan fingerprint density at radius 3 is 1.39 bits per heavy atom. The Morgan fingerprint density at radius 2 is 1.07 bits per heavy atom. The van der Waals surface area contributed by atoms with Crippen LogP contribution < -0.4 is 9.80 Å². The predicted molar refractivity (Wildman–Crippen MR) is 229 cm³/mol. The fraction of sp³-hybridized carbons (Fsp3) is 0.452. The highest BCUT2D eigenvalue weighted by Gasteiger charge is 2.36. The molecular weight excluding hydrogens is 821 g/mol. The molecule has 0 saturated heterocycles. The SMILES string of the molecule is CCc1cnc(N2CCn3c(nc4ccc(S(C)(=O)=O)cc43)C2C(C)C)nc1C.Cc1nc(N2CCn3c(nc4ccc(S(C)(=O)=O)cc43)C2C(C)C)ncc1CO.O=C=O. The van der Waals surface area contributed by atoms with E-state index in [1.807, 2.05) is 20.0 Å². The summed E-state index contributed by atoms with van der Waals surface area (Å²) >= 11 is 0. The number of imidazole rings is 2. The molecule has 6 aromatic rings. The Labute approximate surface area is 355 Å². The standard InChI is InChI=1S/C21H27N5O2S.C20H25N5O3S.CO2/c1-6-15-12-22-21(23-14(15)4)26-10-9-25-18-11-16(29(5,27)28)7-8-17(18)24-20(25)19(26)13(2)3;1-12(2)18-19-23-16-6-5-15(29(4,27)28)9-17(16)24(19)7-8-25(18)20-21-10-14(11-26)13(3)22-20;2-1-3/h7-8,11-13,19H,6,9-10H2,1-5H3;5-6,9-10,12,18,26H,7-8,11H2,1-4H3;. The van der Waals surface area contributed by atoms with Crippen molar-refractivity contribution in [3.8, 4) is 0 Å². The minimum atomic E-state index is -3.29. The van der Waals surface area contributed by atoms with Crippen molar-refractivity contribution >= 4 is 59.8 Å². The van der Waals surface area contributed by atoms with Crippen molar-refractivity contribution in [3.05, 3.63) is 83.0 Å². The van der Waals surface area contributed by atoms with Crippen LogP contribution in [0.15, 0.2) is 58.6 Å². The number of hydrogen-bond donors (Lipinski definition) is 1. The summed E-state index contributed by atoms with van der Waals surface area (Å²) in [5, 5.41) is 9.40. The van der Waals surface area contributed by atoms with Gasteiger partial charge < -0.3 is 24.0 Å². The molecule has 2 aliphatic heterocycles. The lowest BCUT2D eigenvalue weighted by atomic mass is 10.00. The zero-order chi connectivity index (χ0) is 44.6. The molecular formula is C42H52N10O7S2. The van der Waals surface area contributed by atoms with Gasteiger partial charge in [0.2, 0.25) is 11.9 Å². The Bertz CT molecular complexity index is 2660. The molecule has 0 bridgehead atoms. The molecule has 2 unspecified atom stereocenters. The van der Waals surface area contributed by atoms with E-state index in [0.717, 1.165) is 69.6 Å². The van der Waals surface area contributed by atoms with Gasteiger partial charge in [-0.2, -0.15) is 9.59 Å². The highest BCUT2D eigenvalue weighted by Crippen LogP contribution is 2.38. The monoisotopic (exact) mass is 872 g/mol. The molecule has 0 amide bonds. The van der Waals surface area contributed by atoms with Crippen LogP contribution in [0.4, 0.5) is 11.9 Å². The summed E-state index contributed by atoms with van der Waals surface area (Å²) in [4.78, 5) is 49.5. The smallest absolute Gasteiger partial charge is 0.373 e. The molecule has 0 spiro atoms. The first-order valence-corrected chi connectivity index (χ1v) is 23.8. The van der Waals surface area contributed by atoms with Crippen LogP contribution in [0.1, 0.15) is 80.9 Å². The van der Waals surface area contributed by atoms with Crippen molar-refractivity contribution in [2.45, 2.75) is 96.5 Å². The minimum absolute atomic E-state index is 0.0183. The van der Waals surface area contributed by atoms with E-state index in [9.17, 15) is 21.9 Å².